The Hall–Kier alpha value is -1.63. The zero-order valence-electron chi connectivity index (χ0n) is 17.1. The van der Waals surface area contributed by atoms with Crippen molar-refractivity contribution in [3.8, 4) is 0 Å². The van der Waals surface area contributed by atoms with Gasteiger partial charge < -0.3 is 15.2 Å². The number of aliphatic imine (C=N–C) groups is 1. The van der Waals surface area contributed by atoms with Gasteiger partial charge in [-0.15, -0.1) is 0 Å². The van der Waals surface area contributed by atoms with Crippen molar-refractivity contribution in [1.82, 2.24) is 25.7 Å². The summed E-state index contributed by atoms with van der Waals surface area (Å²) in [5.41, 5.74) is 0.268. The second kappa shape index (κ2) is 10.1. The van der Waals surface area contributed by atoms with E-state index in [1.165, 1.54) is 64.5 Å². The van der Waals surface area contributed by atoms with Crippen molar-refractivity contribution in [2.75, 3.05) is 32.7 Å². The third-order valence-corrected chi connectivity index (χ3v) is 5.89. The Kier molecular flexibility index (Phi) is 7.50. The highest BCUT2D eigenvalue weighted by molar-refractivity contribution is 5.79. The number of nitrogens with zero attached hydrogens (tertiary/aromatic N) is 4. The molecule has 27 heavy (non-hydrogen) atoms. The molecule has 7 heteroatoms. The number of hydrogen-bond acceptors (Lipinski definition) is 5. The second-order valence-corrected chi connectivity index (χ2v) is 7.94. The molecular weight excluding hydrogens is 340 g/mol. The van der Waals surface area contributed by atoms with E-state index in [1.54, 1.807) is 0 Å². The van der Waals surface area contributed by atoms with Crippen LogP contribution in [0.2, 0.25) is 0 Å². The normalized spacial score (nSPS) is 21.2. The number of piperidine rings is 1. The minimum absolute atomic E-state index is 0.268. The highest BCUT2D eigenvalue weighted by Crippen LogP contribution is 2.35. The lowest BCUT2D eigenvalue weighted by molar-refractivity contribution is 0.0407. The molecule has 7 nitrogen and oxygen atoms in total. The number of aryl methyl sites for hydroxylation is 1. The largest absolute Gasteiger partial charge is 0.357 e. The molecule has 2 aliphatic rings. The van der Waals surface area contributed by atoms with Crippen molar-refractivity contribution in [1.29, 1.82) is 0 Å². The summed E-state index contributed by atoms with van der Waals surface area (Å²) in [6, 6.07) is 0. The standard InChI is InChI=1S/C20H36N6O/c1-3-21-19(22-13-10-18-24-17(2)25-27-18)23-16-20(11-6-4-7-12-20)26-14-8-5-9-15-26/h3-16H2,1-2H3,(H2,21,22,23). The topological polar surface area (TPSA) is 78.6 Å². The van der Waals surface area contributed by atoms with Crippen LogP contribution in [0, 0.1) is 6.92 Å². The smallest absolute Gasteiger partial charge is 0.228 e. The van der Waals surface area contributed by atoms with Gasteiger partial charge in [-0.2, -0.15) is 4.98 Å². The van der Waals surface area contributed by atoms with Gasteiger partial charge in [0.05, 0.1) is 6.54 Å². The van der Waals surface area contributed by atoms with Crippen LogP contribution < -0.4 is 10.6 Å². The summed E-state index contributed by atoms with van der Waals surface area (Å²) in [6.45, 7) is 8.94. The van der Waals surface area contributed by atoms with E-state index >= 15 is 0 Å². The molecular formula is C20H36N6O. The number of likely N-dealkylation sites (tertiary alicyclic amines) is 1. The van der Waals surface area contributed by atoms with Crippen molar-refractivity contribution in [3.05, 3.63) is 11.7 Å². The molecule has 0 amide bonds. The number of hydrogen-bond donors (Lipinski definition) is 2. The summed E-state index contributed by atoms with van der Waals surface area (Å²) >= 11 is 0. The van der Waals surface area contributed by atoms with Gasteiger partial charge >= 0.3 is 0 Å². The third-order valence-electron chi connectivity index (χ3n) is 5.89. The Morgan fingerprint density at radius 2 is 1.85 bits per heavy atom. The Morgan fingerprint density at radius 1 is 1.11 bits per heavy atom. The van der Waals surface area contributed by atoms with Crippen LogP contribution in [0.1, 0.15) is 70.0 Å². The van der Waals surface area contributed by atoms with Crippen LogP contribution >= 0.6 is 0 Å². The van der Waals surface area contributed by atoms with E-state index in [0.717, 1.165) is 25.6 Å². The lowest BCUT2D eigenvalue weighted by atomic mass is 9.79. The SMILES string of the molecule is CCNC(=NCC1(N2CCCCC2)CCCCC1)NCCc1nc(C)no1. The first-order valence-corrected chi connectivity index (χ1v) is 10.8. The Bertz CT molecular complexity index is 587. The van der Waals surface area contributed by atoms with E-state index in [4.69, 9.17) is 9.52 Å². The fraction of sp³-hybridized carbons (Fsp3) is 0.850. The zero-order valence-corrected chi connectivity index (χ0v) is 17.1. The lowest BCUT2D eigenvalue weighted by Crippen LogP contribution is -2.54. The molecule has 3 rings (SSSR count). The van der Waals surface area contributed by atoms with Crippen LogP contribution in [0.15, 0.2) is 9.52 Å². The molecule has 1 aliphatic carbocycles. The van der Waals surface area contributed by atoms with Crippen LogP contribution in [0.25, 0.3) is 0 Å². The molecule has 0 spiro atoms. The van der Waals surface area contributed by atoms with Crippen LogP contribution in [-0.4, -0.2) is 59.3 Å². The van der Waals surface area contributed by atoms with Crippen molar-refractivity contribution in [2.24, 2.45) is 4.99 Å². The van der Waals surface area contributed by atoms with Crippen molar-refractivity contribution in [2.45, 2.75) is 77.2 Å². The molecule has 0 atom stereocenters. The first-order valence-electron chi connectivity index (χ1n) is 10.8. The molecule has 2 fully saturated rings. The molecule has 1 aromatic rings. The molecule has 0 unspecified atom stereocenters. The zero-order chi connectivity index (χ0) is 19.0. The average molecular weight is 377 g/mol. The van der Waals surface area contributed by atoms with Gasteiger partial charge in [-0.1, -0.05) is 30.8 Å². The first-order chi connectivity index (χ1) is 13.2. The highest BCUT2D eigenvalue weighted by atomic mass is 16.5. The highest BCUT2D eigenvalue weighted by Gasteiger charge is 2.38. The quantitative estimate of drug-likeness (QED) is 0.563. The minimum atomic E-state index is 0.268. The predicted octanol–water partition coefficient (Wildman–Crippen LogP) is 2.66. The van der Waals surface area contributed by atoms with Crippen LogP contribution in [0.5, 0.6) is 0 Å². The first kappa shape index (κ1) is 20.1. The lowest BCUT2D eigenvalue weighted by Gasteiger charge is -2.47. The van der Waals surface area contributed by atoms with Crippen LogP contribution in [0.3, 0.4) is 0 Å². The molecule has 0 radical (unpaired) electrons. The second-order valence-electron chi connectivity index (χ2n) is 7.94. The molecule has 2 heterocycles. The van der Waals surface area contributed by atoms with E-state index < -0.39 is 0 Å². The van der Waals surface area contributed by atoms with Crippen molar-refractivity contribution < 1.29 is 4.52 Å². The average Bonchev–Trinajstić information content (AvgIpc) is 3.12. The van der Waals surface area contributed by atoms with Crippen LogP contribution in [0.4, 0.5) is 0 Å². The summed E-state index contributed by atoms with van der Waals surface area (Å²) in [5, 5.41) is 10.7. The molecule has 0 aromatic carbocycles. The number of aromatic nitrogens is 2. The van der Waals surface area contributed by atoms with Gasteiger partial charge in [-0.05, 0) is 52.6 Å². The van der Waals surface area contributed by atoms with E-state index in [-0.39, 0.29) is 5.54 Å². The summed E-state index contributed by atoms with van der Waals surface area (Å²) in [6.07, 6.45) is 11.4. The predicted molar refractivity (Wildman–Crippen MR) is 108 cm³/mol. The van der Waals surface area contributed by atoms with Gasteiger partial charge in [-0.25, -0.2) is 0 Å². The molecule has 1 saturated heterocycles. The van der Waals surface area contributed by atoms with Gasteiger partial charge in [0.2, 0.25) is 5.89 Å². The third kappa shape index (κ3) is 5.67. The fourth-order valence-electron chi connectivity index (χ4n) is 4.45. The minimum Gasteiger partial charge on any atom is -0.357 e. The molecule has 1 aromatic heterocycles. The van der Waals surface area contributed by atoms with Gasteiger partial charge in [0.25, 0.3) is 0 Å². The fourth-order valence-corrected chi connectivity index (χ4v) is 4.45. The number of rotatable bonds is 7. The van der Waals surface area contributed by atoms with Crippen molar-refractivity contribution >= 4 is 5.96 Å². The van der Waals surface area contributed by atoms with Crippen LogP contribution in [-0.2, 0) is 6.42 Å². The molecule has 2 N–H and O–H groups in total. The van der Waals surface area contributed by atoms with E-state index in [1.807, 2.05) is 6.92 Å². The monoisotopic (exact) mass is 376 g/mol. The van der Waals surface area contributed by atoms with E-state index in [9.17, 15) is 0 Å². The Balaban J connectivity index is 1.60. The van der Waals surface area contributed by atoms with E-state index in [2.05, 4.69) is 32.6 Å². The molecule has 152 valence electrons. The number of guanidine groups is 1. The van der Waals surface area contributed by atoms with Gasteiger partial charge in [-0.3, -0.25) is 9.89 Å². The molecule has 0 bridgehead atoms. The maximum Gasteiger partial charge on any atom is 0.228 e. The van der Waals surface area contributed by atoms with Crippen molar-refractivity contribution in [3.63, 3.8) is 0 Å². The maximum absolute atomic E-state index is 5.19. The number of nitrogens with one attached hydrogen (secondary N) is 2. The maximum atomic E-state index is 5.19. The summed E-state index contributed by atoms with van der Waals surface area (Å²) in [5.74, 6) is 2.26. The summed E-state index contributed by atoms with van der Waals surface area (Å²) < 4.78 is 5.19. The summed E-state index contributed by atoms with van der Waals surface area (Å²) in [7, 11) is 0. The summed E-state index contributed by atoms with van der Waals surface area (Å²) in [4.78, 5) is 12.0. The molecule has 1 saturated carbocycles. The molecule has 1 aliphatic heterocycles. The van der Waals surface area contributed by atoms with E-state index in [0.29, 0.717) is 18.1 Å². The Morgan fingerprint density at radius 3 is 2.52 bits per heavy atom. The van der Waals surface area contributed by atoms with Gasteiger partial charge in [0.1, 0.15) is 0 Å². The van der Waals surface area contributed by atoms with Gasteiger partial charge in [0, 0.05) is 25.0 Å². The van der Waals surface area contributed by atoms with Gasteiger partial charge in [0.15, 0.2) is 11.8 Å². The Labute approximate surface area is 163 Å².